The number of carbonyl (C=O) groups excluding carboxylic acids is 4. The molecule has 0 atom stereocenters. The monoisotopic (exact) mass is 469 g/mol. The van der Waals surface area contributed by atoms with Crippen LogP contribution in [-0.2, 0) is 37.4 Å². The van der Waals surface area contributed by atoms with Gasteiger partial charge in [0.15, 0.2) is 0 Å². The zero-order valence-electron chi connectivity index (χ0n) is 12.9. The van der Waals surface area contributed by atoms with E-state index in [9.17, 15) is 19.2 Å². The number of amides is 4. The molecule has 0 unspecified atom stereocenters. The molecular weight excluding hydrogens is 445 g/mol. The Balaban J connectivity index is 5.43. The number of hydrogen-bond acceptors (Lipinski definition) is 4. The van der Waals surface area contributed by atoms with Crippen LogP contribution >= 0.6 is 0 Å². The Morgan fingerprint density at radius 1 is 0.571 bits per heavy atom. The van der Waals surface area contributed by atoms with Gasteiger partial charge in [-0.3, -0.25) is 0 Å². The first-order chi connectivity index (χ1) is 9.82. The predicted octanol–water partition coefficient (Wildman–Crippen LogP) is -0.0949. The Kier molecular flexibility index (Phi) is 8.91. The Labute approximate surface area is 129 Å². The van der Waals surface area contributed by atoms with Crippen LogP contribution < -0.4 is 14.9 Å². The summed E-state index contributed by atoms with van der Waals surface area (Å²) in [5.74, 6) is -1.34. The Morgan fingerprint density at radius 3 is 0.905 bits per heavy atom. The van der Waals surface area contributed by atoms with E-state index in [1.807, 2.05) is 0 Å². The molecule has 0 aromatic rings. The molecule has 0 rings (SSSR count). The second kappa shape index (κ2) is 9.54. The van der Waals surface area contributed by atoms with Crippen LogP contribution in [0.15, 0.2) is 0 Å². The Morgan fingerprint density at radius 2 is 0.762 bits per heavy atom. The first kappa shape index (κ1) is 19.6. The fourth-order valence-corrected chi connectivity index (χ4v) is 10.1. The Hall–Kier alpha value is -1.38. The van der Waals surface area contributed by atoms with Crippen molar-refractivity contribution < 1.29 is 37.4 Å². The van der Waals surface area contributed by atoms with Crippen molar-refractivity contribution >= 4 is 23.6 Å². The third-order valence-electron chi connectivity index (χ3n) is 2.45. The van der Waals surface area contributed by atoms with Crippen LogP contribution in [0.2, 0.25) is 0 Å². The fourth-order valence-electron chi connectivity index (χ4n) is 1.23. The Bertz CT molecular complexity index is 337. The van der Waals surface area contributed by atoms with Crippen molar-refractivity contribution in [2.75, 3.05) is 0 Å². The van der Waals surface area contributed by atoms with E-state index in [2.05, 4.69) is 14.9 Å². The van der Waals surface area contributed by atoms with Gasteiger partial charge in [0.1, 0.15) is 0 Å². The summed E-state index contributed by atoms with van der Waals surface area (Å²) in [6.45, 7) is 6.60. The quantitative estimate of drug-likeness (QED) is 0.398. The second-order valence-corrected chi connectivity index (χ2v) is 12.3. The van der Waals surface area contributed by atoms with Gasteiger partial charge in [0.05, 0.1) is 0 Å². The number of carbonyl (C=O) groups is 4. The van der Waals surface area contributed by atoms with E-state index >= 15 is 0 Å². The standard InChI is InChI=1S/4C3H7NO.Ta/c4*1-2-3(4)5;/h4*2H2,1H3,(H2,4,5);/q;;;;+4/p-4. The van der Waals surface area contributed by atoms with Gasteiger partial charge in [0.2, 0.25) is 0 Å². The second-order valence-electron chi connectivity index (χ2n) is 4.22. The molecule has 0 saturated heterocycles. The van der Waals surface area contributed by atoms with Crippen molar-refractivity contribution in [2.24, 2.45) is 0 Å². The van der Waals surface area contributed by atoms with Gasteiger partial charge in [-0.1, -0.05) is 0 Å². The summed E-state index contributed by atoms with van der Waals surface area (Å²) in [6, 6.07) is 0. The third-order valence-corrected chi connectivity index (χ3v) is 10.9. The van der Waals surface area contributed by atoms with Crippen molar-refractivity contribution in [1.29, 1.82) is 0 Å². The van der Waals surface area contributed by atoms with Gasteiger partial charge in [-0.25, -0.2) is 0 Å². The van der Waals surface area contributed by atoms with Gasteiger partial charge in [-0.2, -0.15) is 0 Å². The summed E-state index contributed by atoms with van der Waals surface area (Å²) in [5, 5.41) is 0. The zero-order chi connectivity index (χ0) is 16.5. The summed E-state index contributed by atoms with van der Waals surface area (Å²) >= 11 is -4.48. The molecule has 0 aliphatic heterocycles. The van der Waals surface area contributed by atoms with Crippen molar-refractivity contribution in [1.82, 2.24) is 14.9 Å². The van der Waals surface area contributed by atoms with Gasteiger partial charge in [-0.15, -0.1) is 0 Å². The molecule has 9 heteroatoms. The third kappa shape index (κ3) is 7.26. The minimum absolute atomic E-state index is 0.186. The van der Waals surface area contributed by atoms with Gasteiger partial charge in [0, 0.05) is 0 Å². The molecule has 0 fully saturated rings. The van der Waals surface area contributed by atoms with E-state index in [1.165, 1.54) is 0 Å². The molecule has 0 aromatic heterocycles. The van der Waals surface area contributed by atoms with Crippen LogP contribution in [0, 0.1) is 0 Å². The molecular formula is C12H24N4O4Ta. The minimum atomic E-state index is -4.48. The average Bonchev–Trinajstić information content (AvgIpc) is 2.46. The van der Waals surface area contributed by atoms with Crippen molar-refractivity contribution in [2.45, 2.75) is 53.4 Å². The van der Waals surface area contributed by atoms with E-state index in [-0.39, 0.29) is 49.3 Å². The number of rotatable bonds is 8. The molecule has 0 radical (unpaired) electrons. The van der Waals surface area contributed by atoms with Crippen molar-refractivity contribution in [3.8, 4) is 0 Å². The fraction of sp³-hybridized carbons (Fsp3) is 0.667. The molecule has 0 spiro atoms. The first-order valence-corrected chi connectivity index (χ1v) is 13.4. The molecule has 0 heterocycles. The molecule has 4 amide bonds. The molecule has 21 heavy (non-hydrogen) atoms. The van der Waals surface area contributed by atoms with Crippen molar-refractivity contribution in [3.63, 3.8) is 0 Å². The van der Waals surface area contributed by atoms with Gasteiger partial charge in [-0.05, 0) is 0 Å². The molecule has 0 bridgehead atoms. The molecule has 0 aromatic carbocycles. The first-order valence-electron chi connectivity index (χ1n) is 6.95. The van der Waals surface area contributed by atoms with E-state index < -0.39 is 18.2 Å². The predicted molar refractivity (Wildman–Crippen MR) is 73.7 cm³/mol. The van der Waals surface area contributed by atoms with Gasteiger partial charge < -0.3 is 0 Å². The zero-order valence-corrected chi connectivity index (χ0v) is 16.1. The average molecular weight is 469 g/mol. The molecule has 121 valence electrons. The van der Waals surface area contributed by atoms with E-state index in [0.29, 0.717) is 0 Å². The summed E-state index contributed by atoms with van der Waals surface area (Å²) < 4.78 is 10.6. The van der Waals surface area contributed by atoms with Crippen LogP contribution in [0.3, 0.4) is 0 Å². The van der Waals surface area contributed by atoms with E-state index in [1.54, 1.807) is 27.7 Å². The van der Waals surface area contributed by atoms with Crippen LogP contribution in [0.5, 0.6) is 0 Å². The summed E-state index contributed by atoms with van der Waals surface area (Å²) in [4.78, 5) is 46.9. The maximum absolute atomic E-state index is 11.7. The summed E-state index contributed by atoms with van der Waals surface area (Å²) in [7, 11) is 0. The van der Waals surface area contributed by atoms with Crippen molar-refractivity contribution in [3.05, 3.63) is 0 Å². The van der Waals surface area contributed by atoms with Crippen LogP contribution in [0.25, 0.3) is 0 Å². The van der Waals surface area contributed by atoms with E-state index in [0.717, 1.165) is 0 Å². The maximum atomic E-state index is 11.7. The van der Waals surface area contributed by atoms with Gasteiger partial charge in [0.25, 0.3) is 0 Å². The molecule has 0 saturated carbocycles. The van der Waals surface area contributed by atoms with E-state index in [4.69, 9.17) is 0 Å². The SMILES string of the molecule is CCC(=O)[NH][Ta]([NH]C(=O)CC)([NH]C(=O)CC)[NH]C(=O)CC. The van der Waals surface area contributed by atoms with Crippen LogP contribution in [0.4, 0.5) is 0 Å². The molecule has 0 aliphatic carbocycles. The molecule has 8 nitrogen and oxygen atoms in total. The van der Waals surface area contributed by atoms with Crippen LogP contribution in [0.1, 0.15) is 53.4 Å². The number of hydrogen-bond donors (Lipinski definition) is 4. The van der Waals surface area contributed by atoms with Gasteiger partial charge >= 0.3 is 129 Å². The normalized spacial score (nSPS) is 10.5. The topological polar surface area (TPSA) is 116 Å². The summed E-state index contributed by atoms with van der Waals surface area (Å²) in [5.41, 5.74) is 0. The van der Waals surface area contributed by atoms with Crippen LogP contribution in [-0.4, -0.2) is 23.6 Å². The summed E-state index contributed by atoms with van der Waals surface area (Å²) in [6.07, 6.45) is 0.746. The molecule has 4 N–H and O–H groups in total. The molecule has 0 aliphatic rings. The number of nitrogens with one attached hydrogen (secondary N) is 4.